The third kappa shape index (κ3) is 5.58. The number of carbonyl (C=O) groups is 2. The number of amides is 1. The Hall–Kier alpha value is -3.25. The van der Waals surface area contributed by atoms with Crippen LogP contribution in [0.3, 0.4) is 0 Å². The van der Waals surface area contributed by atoms with Gasteiger partial charge in [-0.25, -0.2) is 4.98 Å². The van der Waals surface area contributed by atoms with Gasteiger partial charge in [0.25, 0.3) is 5.91 Å². The van der Waals surface area contributed by atoms with Crippen molar-refractivity contribution in [3.63, 3.8) is 0 Å². The number of anilines is 1. The van der Waals surface area contributed by atoms with Gasteiger partial charge in [0.15, 0.2) is 10.1 Å². The van der Waals surface area contributed by atoms with Crippen molar-refractivity contribution in [3.05, 3.63) is 91.6 Å². The van der Waals surface area contributed by atoms with E-state index < -0.39 is 23.5 Å². The number of aliphatic hydroxyl groups excluding tert-OH is 1. The molecule has 0 radical (unpaired) electrons. The maximum absolute atomic E-state index is 13.8. The Labute approximate surface area is 242 Å². The van der Waals surface area contributed by atoms with Crippen molar-refractivity contribution < 1.29 is 19.4 Å². The first-order valence-corrected chi connectivity index (χ1v) is 15.0. The van der Waals surface area contributed by atoms with Crippen LogP contribution >= 0.6 is 46.0 Å². The molecule has 1 aliphatic heterocycles. The number of aryl methyl sites for hydroxylation is 2. The molecule has 0 fully saturated rings. The van der Waals surface area contributed by atoms with Gasteiger partial charge in [0, 0.05) is 10.8 Å². The number of ether oxygens (including phenoxy) is 1. The average Bonchev–Trinajstić information content (AvgIpc) is 3.60. The van der Waals surface area contributed by atoms with Crippen LogP contribution in [0.25, 0.3) is 0 Å². The highest BCUT2D eigenvalue weighted by molar-refractivity contribution is 8.00. The quantitative estimate of drug-likeness (QED) is 0.128. The summed E-state index contributed by atoms with van der Waals surface area (Å²) < 4.78 is 6.21. The monoisotopic (exact) mass is 598 g/mol. The number of aromatic nitrogens is 3. The summed E-state index contributed by atoms with van der Waals surface area (Å²) in [5.41, 5.74) is 2.23. The molecule has 0 saturated carbocycles. The van der Waals surface area contributed by atoms with E-state index in [1.165, 1.54) is 39.3 Å². The number of rotatable bonds is 9. The number of nitrogens with zero attached hydrogens (tertiary/aromatic N) is 4. The highest BCUT2D eigenvalue weighted by atomic mass is 35.5. The zero-order chi connectivity index (χ0) is 27.7. The number of thiazole rings is 1. The average molecular weight is 599 g/mol. The van der Waals surface area contributed by atoms with Crippen molar-refractivity contribution in [1.82, 2.24) is 15.2 Å². The van der Waals surface area contributed by atoms with Crippen molar-refractivity contribution in [2.24, 2.45) is 0 Å². The van der Waals surface area contributed by atoms with Gasteiger partial charge in [0.1, 0.15) is 5.75 Å². The summed E-state index contributed by atoms with van der Waals surface area (Å²) in [6, 6.07) is 13.7. The van der Waals surface area contributed by atoms with E-state index in [1.807, 2.05) is 38.1 Å². The SMILES string of the molecule is CCOc1ccc(C2C(C(=O)c3sc(C)nc3C)=C(O)C(=O)N2c2nnc(SCc3ccc(Cl)cc3)s2)cc1. The molecule has 1 atom stereocenters. The van der Waals surface area contributed by atoms with E-state index in [1.54, 1.807) is 31.2 Å². The molecule has 2 aromatic heterocycles. The fourth-order valence-corrected chi connectivity index (χ4v) is 7.03. The summed E-state index contributed by atoms with van der Waals surface area (Å²) in [7, 11) is 0. The van der Waals surface area contributed by atoms with Gasteiger partial charge in [-0.3, -0.25) is 14.5 Å². The van der Waals surface area contributed by atoms with Crippen LogP contribution in [-0.4, -0.2) is 38.6 Å². The molecule has 0 bridgehead atoms. The number of Topliss-reactive ketones (excluding diaryl/α,β-unsaturated/α-hetero) is 1. The third-order valence-corrected chi connectivity index (χ3v) is 9.40. The summed E-state index contributed by atoms with van der Waals surface area (Å²) in [5, 5.41) is 21.2. The molecule has 0 spiro atoms. The summed E-state index contributed by atoms with van der Waals surface area (Å²) in [6.45, 7) is 5.94. The fourth-order valence-electron chi connectivity index (χ4n) is 4.21. The number of ketones is 1. The molecule has 1 unspecified atom stereocenters. The highest BCUT2D eigenvalue weighted by Gasteiger charge is 2.46. The van der Waals surface area contributed by atoms with Gasteiger partial charge in [-0.2, -0.15) is 0 Å². The molecule has 1 amide bonds. The molecule has 0 aliphatic carbocycles. The molecule has 1 N–H and O–H groups in total. The molecule has 8 nitrogen and oxygen atoms in total. The first-order valence-electron chi connectivity index (χ1n) is 12.0. The normalized spacial score (nSPS) is 15.3. The van der Waals surface area contributed by atoms with E-state index in [9.17, 15) is 14.7 Å². The number of carbonyl (C=O) groups excluding carboxylic acids is 2. The molecule has 12 heteroatoms. The standard InChI is InChI=1S/C27H23ClN4O4S3/c1-4-36-19-11-7-17(8-12-19)21-20(22(33)24-14(2)29-15(3)38-24)23(34)25(35)32(21)26-30-31-27(39-26)37-13-16-5-9-18(28)10-6-16/h5-12,21,34H,4,13H2,1-3H3. The number of halogens is 1. The van der Waals surface area contributed by atoms with E-state index in [-0.39, 0.29) is 10.7 Å². The lowest BCUT2D eigenvalue weighted by molar-refractivity contribution is -0.117. The first kappa shape index (κ1) is 27.3. The van der Waals surface area contributed by atoms with Crippen LogP contribution in [0.4, 0.5) is 5.13 Å². The van der Waals surface area contributed by atoms with Crippen LogP contribution in [0, 0.1) is 13.8 Å². The Kier molecular flexibility index (Phi) is 8.03. The Bertz CT molecular complexity index is 1560. The molecular weight excluding hydrogens is 576 g/mol. The van der Waals surface area contributed by atoms with E-state index in [0.717, 1.165) is 10.6 Å². The Morgan fingerprint density at radius 2 is 1.82 bits per heavy atom. The maximum atomic E-state index is 13.8. The smallest absolute Gasteiger partial charge is 0.296 e. The highest BCUT2D eigenvalue weighted by Crippen LogP contribution is 2.44. The number of aliphatic hydroxyl groups is 1. The minimum Gasteiger partial charge on any atom is -0.503 e. The molecule has 3 heterocycles. The van der Waals surface area contributed by atoms with Gasteiger partial charge < -0.3 is 9.84 Å². The third-order valence-electron chi connectivity index (χ3n) is 5.95. The van der Waals surface area contributed by atoms with Crippen LogP contribution in [0.1, 0.15) is 44.5 Å². The number of thioether (sulfide) groups is 1. The van der Waals surface area contributed by atoms with E-state index in [4.69, 9.17) is 16.3 Å². The minimum atomic E-state index is -0.899. The largest absolute Gasteiger partial charge is 0.503 e. The Balaban J connectivity index is 1.50. The van der Waals surface area contributed by atoms with E-state index in [2.05, 4.69) is 15.2 Å². The summed E-state index contributed by atoms with van der Waals surface area (Å²) in [6.07, 6.45) is 0. The number of hydrogen-bond donors (Lipinski definition) is 1. The van der Waals surface area contributed by atoms with Crippen LogP contribution in [-0.2, 0) is 10.5 Å². The first-order chi connectivity index (χ1) is 18.8. The summed E-state index contributed by atoms with van der Waals surface area (Å²) in [4.78, 5) is 33.3. The fraction of sp³-hybridized carbons (Fsp3) is 0.222. The van der Waals surface area contributed by atoms with Crippen LogP contribution < -0.4 is 9.64 Å². The second kappa shape index (κ2) is 11.5. The van der Waals surface area contributed by atoms with Crippen molar-refractivity contribution in [1.29, 1.82) is 0 Å². The zero-order valence-electron chi connectivity index (χ0n) is 21.2. The van der Waals surface area contributed by atoms with E-state index in [0.29, 0.717) is 43.6 Å². The molecule has 200 valence electrons. The van der Waals surface area contributed by atoms with Gasteiger partial charge in [-0.15, -0.1) is 21.5 Å². The molecule has 1 aliphatic rings. The lowest BCUT2D eigenvalue weighted by Gasteiger charge is -2.24. The van der Waals surface area contributed by atoms with Crippen molar-refractivity contribution in [2.75, 3.05) is 11.5 Å². The van der Waals surface area contributed by atoms with Crippen LogP contribution in [0.15, 0.2) is 64.2 Å². The van der Waals surface area contributed by atoms with Gasteiger partial charge >= 0.3 is 0 Å². The molecule has 39 heavy (non-hydrogen) atoms. The van der Waals surface area contributed by atoms with Gasteiger partial charge in [0.05, 0.1) is 33.8 Å². The maximum Gasteiger partial charge on any atom is 0.296 e. The van der Waals surface area contributed by atoms with Crippen molar-refractivity contribution >= 4 is 62.9 Å². The Morgan fingerprint density at radius 3 is 2.46 bits per heavy atom. The molecule has 5 rings (SSSR count). The zero-order valence-corrected chi connectivity index (χ0v) is 24.4. The molecule has 4 aromatic rings. The van der Waals surface area contributed by atoms with Crippen molar-refractivity contribution in [3.8, 4) is 5.75 Å². The van der Waals surface area contributed by atoms with Crippen molar-refractivity contribution in [2.45, 2.75) is 36.9 Å². The van der Waals surface area contributed by atoms with Crippen LogP contribution in [0.5, 0.6) is 5.75 Å². The number of benzene rings is 2. The van der Waals surface area contributed by atoms with Gasteiger partial charge in [-0.05, 0) is 56.2 Å². The predicted octanol–water partition coefficient (Wildman–Crippen LogP) is 6.74. The van der Waals surface area contributed by atoms with Gasteiger partial charge in [-0.1, -0.05) is 59.0 Å². The minimum absolute atomic E-state index is 0.0125. The van der Waals surface area contributed by atoms with E-state index >= 15 is 0 Å². The second-order valence-electron chi connectivity index (χ2n) is 8.58. The lowest BCUT2D eigenvalue weighted by atomic mass is 9.95. The topological polar surface area (TPSA) is 106 Å². The molecule has 2 aromatic carbocycles. The number of hydrogen-bond acceptors (Lipinski definition) is 10. The predicted molar refractivity (Wildman–Crippen MR) is 154 cm³/mol. The summed E-state index contributed by atoms with van der Waals surface area (Å²) >= 11 is 9.90. The molecular formula is C27H23ClN4O4S3. The summed E-state index contributed by atoms with van der Waals surface area (Å²) in [5.74, 6) is -0.452. The lowest BCUT2D eigenvalue weighted by Crippen LogP contribution is -2.31. The second-order valence-corrected chi connectivity index (χ2v) is 12.4. The van der Waals surface area contributed by atoms with Crippen LogP contribution in [0.2, 0.25) is 5.02 Å². The van der Waals surface area contributed by atoms with Gasteiger partial charge in [0.2, 0.25) is 10.9 Å². The molecule has 0 saturated heterocycles. The Morgan fingerprint density at radius 1 is 1.10 bits per heavy atom.